The number of nitrogens with zero attached hydrogens (tertiary/aromatic N) is 3. The molecular formula is C23H24N4O5S. The first-order valence-corrected chi connectivity index (χ1v) is 11.9. The van der Waals surface area contributed by atoms with Crippen LogP contribution in [0.15, 0.2) is 64.5 Å². The molecule has 1 aliphatic heterocycles. The fourth-order valence-corrected chi connectivity index (χ4v) is 4.84. The number of nitrogens with one attached hydrogen (secondary N) is 1. The molecule has 0 unspecified atom stereocenters. The predicted octanol–water partition coefficient (Wildman–Crippen LogP) is 1.81. The van der Waals surface area contributed by atoms with E-state index in [4.69, 9.17) is 4.74 Å². The van der Waals surface area contributed by atoms with Crippen molar-refractivity contribution >= 4 is 21.6 Å². The van der Waals surface area contributed by atoms with Crippen molar-refractivity contribution in [2.75, 3.05) is 25.1 Å². The number of ether oxygens (including phenoxy) is 1. The van der Waals surface area contributed by atoms with E-state index in [-0.39, 0.29) is 29.5 Å². The Bertz CT molecular complexity index is 1350. The zero-order valence-electron chi connectivity index (χ0n) is 18.3. The van der Waals surface area contributed by atoms with Crippen LogP contribution in [0.5, 0.6) is 5.75 Å². The maximum Gasteiger partial charge on any atom is 0.253 e. The zero-order chi connectivity index (χ0) is 23.6. The van der Waals surface area contributed by atoms with Crippen LogP contribution in [0.2, 0.25) is 0 Å². The third-order valence-corrected chi connectivity index (χ3v) is 7.01. The van der Waals surface area contributed by atoms with Gasteiger partial charge in [0.15, 0.2) is 0 Å². The minimum absolute atomic E-state index is 0.0302. The Morgan fingerprint density at radius 3 is 2.58 bits per heavy atom. The summed E-state index contributed by atoms with van der Waals surface area (Å²) in [6.07, 6.45) is 2.02. The lowest BCUT2D eigenvalue weighted by Crippen LogP contribution is -2.31. The van der Waals surface area contributed by atoms with E-state index in [9.17, 15) is 18.0 Å². The summed E-state index contributed by atoms with van der Waals surface area (Å²) in [6, 6.07) is 13.3. The summed E-state index contributed by atoms with van der Waals surface area (Å²) in [7, 11) is -2.18. The van der Waals surface area contributed by atoms with Gasteiger partial charge in [0, 0.05) is 43.9 Å². The lowest BCUT2D eigenvalue weighted by molar-refractivity contribution is -0.116. The number of hydrogen-bond donors (Lipinski definition) is 1. The lowest BCUT2D eigenvalue weighted by atomic mass is 10.1. The Morgan fingerprint density at radius 1 is 1.15 bits per heavy atom. The summed E-state index contributed by atoms with van der Waals surface area (Å²) in [4.78, 5) is 30.2. The van der Waals surface area contributed by atoms with Crippen LogP contribution in [0.3, 0.4) is 0 Å². The second kappa shape index (κ2) is 9.16. The molecule has 1 aromatic heterocycles. The van der Waals surface area contributed by atoms with E-state index in [0.29, 0.717) is 24.4 Å². The number of hydrogen-bond acceptors (Lipinski definition) is 6. The van der Waals surface area contributed by atoms with Crippen LogP contribution in [0.1, 0.15) is 12.5 Å². The molecule has 0 fully saturated rings. The molecule has 0 aliphatic carbocycles. The van der Waals surface area contributed by atoms with Gasteiger partial charge in [-0.25, -0.2) is 18.1 Å². The van der Waals surface area contributed by atoms with E-state index in [1.54, 1.807) is 36.3 Å². The van der Waals surface area contributed by atoms with Crippen molar-refractivity contribution in [2.45, 2.75) is 24.8 Å². The highest BCUT2D eigenvalue weighted by molar-refractivity contribution is 7.89. The van der Waals surface area contributed by atoms with Crippen molar-refractivity contribution in [1.82, 2.24) is 14.3 Å². The molecule has 1 amide bonds. The van der Waals surface area contributed by atoms with Crippen LogP contribution in [-0.4, -0.2) is 44.1 Å². The third-order valence-electron chi connectivity index (χ3n) is 5.55. The maximum absolute atomic E-state index is 12.7. The van der Waals surface area contributed by atoms with Crippen LogP contribution >= 0.6 is 0 Å². The minimum atomic E-state index is -3.76. The van der Waals surface area contributed by atoms with Gasteiger partial charge in [-0.2, -0.15) is 0 Å². The normalized spacial score (nSPS) is 13.1. The van der Waals surface area contributed by atoms with Crippen molar-refractivity contribution in [3.8, 4) is 17.0 Å². The van der Waals surface area contributed by atoms with Crippen LogP contribution in [0.4, 0.5) is 5.69 Å². The Hall–Kier alpha value is -3.50. The van der Waals surface area contributed by atoms with Crippen LogP contribution in [-0.2, 0) is 27.8 Å². The van der Waals surface area contributed by atoms with Gasteiger partial charge in [-0.15, -0.1) is 0 Å². The fraction of sp³-hybridized carbons (Fsp3) is 0.261. The van der Waals surface area contributed by atoms with Gasteiger partial charge in [0.2, 0.25) is 15.9 Å². The molecule has 0 saturated carbocycles. The molecule has 1 N–H and O–H groups in total. The van der Waals surface area contributed by atoms with Gasteiger partial charge in [-0.1, -0.05) is 0 Å². The summed E-state index contributed by atoms with van der Waals surface area (Å²) in [5, 5.41) is 0. The summed E-state index contributed by atoms with van der Waals surface area (Å²) in [5.41, 5.74) is 2.59. The molecule has 0 atom stereocenters. The number of benzene rings is 2. The number of rotatable bonds is 7. The smallest absolute Gasteiger partial charge is 0.253 e. The van der Waals surface area contributed by atoms with Gasteiger partial charge in [-0.05, 0) is 54.4 Å². The minimum Gasteiger partial charge on any atom is -0.497 e. The summed E-state index contributed by atoms with van der Waals surface area (Å²) in [6.45, 7) is 2.20. The molecule has 10 heteroatoms. The van der Waals surface area contributed by atoms with Crippen LogP contribution < -0.4 is 19.9 Å². The van der Waals surface area contributed by atoms with Crippen molar-refractivity contribution < 1.29 is 17.9 Å². The van der Waals surface area contributed by atoms with Gasteiger partial charge in [-0.3, -0.25) is 14.2 Å². The summed E-state index contributed by atoms with van der Waals surface area (Å²) in [5.74, 6) is 0.637. The number of amides is 1. The molecule has 2 heterocycles. The third kappa shape index (κ3) is 4.81. The molecule has 0 spiro atoms. The first kappa shape index (κ1) is 22.7. The fourth-order valence-electron chi connectivity index (χ4n) is 3.77. The van der Waals surface area contributed by atoms with Crippen molar-refractivity contribution in [3.05, 3.63) is 70.8 Å². The highest BCUT2D eigenvalue weighted by atomic mass is 32.2. The molecular weight excluding hydrogens is 444 g/mol. The second-order valence-electron chi connectivity index (χ2n) is 7.64. The van der Waals surface area contributed by atoms with Gasteiger partial charge < -0.3 is 9.64 Å². The quantitative estimate of drug-likeness (QED) is 0.566. The largest absolute Gasteiger partial charge is 0.497 e. The van der Waals surface area contributed by atoms with Crippen LogP contribution in [0.25, 0.3) is 11.3 Å². The molecule has 3 aromatic rings. The molecule has 33 heavy (non-hydrogen) atoms. The number of methoxy groups -OCH3 is 1. The first-order chi connectivity index (χ1) is 15.8. The lowest BCUT2D eigenvalue weighted by Gasteiger charge is -2.15. The van der Waals surface area contributed by atoms with Crippen molar-refractivity contribution in [2.24, 2.45) is 0 Å². The molecule has 172 valence electrons. The van der Waals surface area contributed by atoms with E-state index in [1.165, 1.54) is 30.0 Å². The monoisotopic (exact) mass is 468 g/mol. The van der Waals surface area contributed by atoms with E-state index < -0.39 is 10.0 Å². The standard InChI is InChI=1S/C23H24N4O5S/c1-16(28)27-11-9-18-13-20(7-8-22(18)27)33(30,31)25-10-12-26-15-24-21(14-23(26)29)17-3-5-19(32-2)6-4-17/h3-8,13-15,25H,9-12H2,1-2H3. The Kier molecular flexibility index (Phi) is 6.30. The number of fused-ring (bicyclic) bond motifs is 1. The second-order valence-corrected chi connectivity index (χ2v) is 9.41. The average Bonchev–Trinajstić information content (AvgIpc) is 3.24. The van der Waals surface area contributed by atoms with Gasteiger partial charge in [0.25, 0.3) is 5.56 Å². The van der Waals surface area contributed by atoms with E-state index in [0.717, 1.165) is 16.8 Å². The maximum atomic E-state index is 12.7. The van der Waals surface area contributed by atoms with Gasteiger partial charge >= 0.3 is 0 Å². The van der Waals surface area contributed by atoms with Gasteiger partial charge in [0.1, 0.15) is 5.75 Å². The number of aromatic nitrogens is 2. The van der Waals surface area contributed by atoms with Crippen molar-refractivity contribution in [3.63, 3.8) is 0 Å². The number of anilines is 1. The molecule has 0 bridgehead atoms. The zero-order valence-corrected chi connectivity index (χ0v) is 19.1. The highest BCUT2D eigenvalue weighted by Gasteiger charge is 2.24. The summed E-state index contributed by atoms with van der Waals surface area (Å²) < 4.78 is 34.4. The van der Waals surface area contributed by atoms with E-state index in [2.05, 4.69) is 9.71 Å². The topological polar surface area (TPSA) is 111 Å². The van der Waals surface area contributed by atoms with Crippen LogP contribution in [0, 0.1) is 0 Å². The van der Waals surface area contributed by atoms with Crippen molar-refractivity contribution in [1.29, 1.82) is 0 Å². The molecule has 0 radical (unpaired) electrons. The Morgan fingerprint density at radius 2 is 1.91 bits per heavy atom. The molecule has 4 rings (SSSR count). The molecule has 9 nitrogen and oxygen atoms in total. The molecule has 2 aromatic carbocycles. The number of carbonyl (C=O) groups is 1. The van der Waals surface area contributed by atoms with E-state index in [1.807, 2.05) is 12.1 Å². The molecule has 0 saturated heterocycles. The summed E-state index contributed by atoms with van der Waals surface area (Å²) >= 11 is 0. The Labute approximate surface area is 191 Å². The number of carbonyl (C=O) groups excluding carboxylic acids is 1. The Balaban J connectivity index is 1.41. The predicted molar refractivity (Wildman–Crippen MR) is 124 cm³/mol. The van der Waals surface area contributed by atoms with E-state index >= 15 is 0 Å². The first-order valence-electron chi connectivity index (χ1n) is 10.4. The van der Waals surface area contributed by atoms with Gasteiger partial charge in [0.05, 0.1) is 24.0 Å². The average molecular weight is 469 g/mol. The SMILES string of the molecule is COc1ccc(-c2cc(=O)n(CCNS(=O)(=O)c3ccc4c(c3)CCN4C(C)=O)cn2)cc1. The highest BCUT2D eigenvalue weighted by Crippen LogP contribution is 2.30. The number of sulfonamides is 1. The molecule has 1 aliphatic rings.